The summed E-state index contributed by atoms with van der Waals surface area (Å²) in [6.07, 6.45) is 0. The molecule has 0 saturated heterocycles. The third-order valence-corrected chi connectivity index (χ3v) is 8.23. The van der Waals surface area contributed by atoms with E-state index in [1.807, 2.05) is 0 Å². The lowest BCUT2D eigenvalue weighted by Gasteiger charge is -2.29. The van der Waals surface area contributed by atoms with Crippen LogP contribution in [0.25, 0.3) is 0 Å². The summed E-state index contributed by atoms with van der Waals surface area (Å²) in [5.74, 6) is 0. The molecule has 0 aromatic heterocycles. The quantitative estimate of drug-likeness (QED) is 0.266. The van der Waals surface area contributed by atoms with Crippen LogP contribution in [-0.4, -0.2) is 0 Å². The van der Waals surface area contributed by atoms with Gasteiger partial charge in [0.25, 0.3) is 0 Å². The van der Waals surface area contributed by atoms with Crippen LogP contribution in [0.5, 0.6) is 0 Å². The van der Waals surface area contributed by atoms with E-state index in [0.29, 0.717) is 0 Å². The van der Waals surface area contributed by atoms with Gasteiger partial charge in [-0.1, -0.05) is 140 Å². The smallest absolute Gasteiger partial charge is 0.0838 e. The van der Waals surface area contributed by atoms with E-state index in [1.54, 1.807) is 0 Å². The number of hydrogen-bond acceptors (Lipinski definition) is 1. The zero-order valence-corrected chi connectivity index (χ0v) is 19.9. The van der Waals surface area contributed by atoms with Gasteiger partial charge in [-0.25, -0.2) is 0 Å². The summed E-state index contributed by atoms with van der Waals surface area (Å²) in [5.41, 5.74) is 0.525. The van der Waals surface area contributed by atoms with Crippen LogP contribution in [0.3, 0.4) is 0 Å². The van der Waals surface area contributed by atoms with Gasteiger partial charge in [-0.3, -0.25) is 0 Å². The lowest BCUT2D eigenvalue weighted by atomic mass is 10.2. The van der Waals surface area contributed by atoms with Gasteiger partial charge >= 0.3 is 0 Å². The molecular weight excluding hydrogens is 555 g/mol. The van der Waals surface area contributed by atoms with Crippen LogP contribution in [0.15, 0.2) is 24.3 Å². The molecule has 2 aromatic carbocycles. The third-order valence-electron chi connectivity index (χ3n) is 2.95. The average Bonchev–Trinajstić information content (AvgIpc) is 2.48. The van der Waals surface area contributed by atoms with E-state index >= 15 is 0 Å². The van der Waals surface area contributed by atoms with Gasteiger partial charge in [0.15, 0.2) is 7.33 Å². The highest BCUT2D eigenvalue weighted by atomic mass is 35.5. The molecule has 0 bridgehead atoms. The third kappa shape index (κ3) is 5.00. The van der Waals surface area contributed by atoms with E-state index in [9.17, 15) is 0 Å². The molecule has 25 heavy (non-hydrogen) atoms. The maximum Gasteiger partial charge on any atom is 0.193 e. The first-order valence-corrected chi connectivity index (χ1v) is 10.7. The number of alkyl halides is 4. The summed E-state index contributed by atoms with van der Waals surface area (Å²) in [7, 11) is 0. The Labute approximate surface area is 198 Å². The molecule has 2 aromatic rings. The molecule has 0 N–H and O–H groups in total. The Balaban J connectivity index is 2.46. The molecule has 2 rings (SSSR count). The fraction of sp³-hybridized carbons (Fsp3) is 0.143. The topological polar surface area (TPSA) is 0 Å². The van der Waals surface area contributed by atoms with E-state index < -0.39 is 7.33 Å². The molecule has 0 nitrogen and oxygen atoms in total. The van der Waals surface area contributed by atoms with Crippen molar-refractivity contribution in [3.05, 3.63) is 65.5 Å². The number of hydrogen-bond donors (Lipinski definition) is 0. The molecule has 0 saturated carbocycles. The van der Waals surface area contributed by atoms with Crippen molar-refractivity contribution < 1.29 is 0 Å². The fourth-order valence-corrected chi connectivity index (χ4v) is 6.81. The van der Waals surface area contributed by atoms with Crippen molar-refractivity contribution in [2.45, 2.75) is 7.33 Å². The average molecular weight is 559 g/mol. The van der Waals surface area contributed by atoms with Gasteiger partial charge in [0.1, 0.15) is 0 Å². The minimum atomic E-state index is -1.68. The second-order valence-corrected chi connectivity index (χ2v) is 11.9. The molecule has 0 atom stereocenters. The Morgan fingerprint density at radius 2 is 0.840 bits per heavy atom. The van der Waals surface area contributed by atoms with E-state index in [1.165, 1.54) is 24.3 Å². The van der Waals surface area contributed by atoms with Crippen molar-refractivity contribution in [2.75, 3.05) is 0 Å². The molecule has 0 unspecified atom stereocenters. The van der Waals surface area contributed by atoms with Crippen LogP contribution < -0.4 is 0 Å². The predicted molar refractivity (Wildman–Crippen MR) is 117 cm³/mol. The van der Waals surface area contributed by atoms with Crippen LogP contribution >= 0.6 is 128 Å². The first-order valence-electron chi connectivity index (χ1n) is 6.12. The summed E-state index contributed by atoms with van der Waals surface area (Å²) in [6, 6.07) is 6.04. The molecule has 0 aliphatic rings. The van der Waals surface area contributed by atoms with Gasteiger partial charge < -0.3 is 0 Å². The highest BCUT2D eigenvalue weighted by molar-refractivity contribution is 8.05. The van der Waals surface area contributed by atoms with E-state index in [0.717, 1.165) is 11.8 Å². The molecular formula is C14H4Cl10S. The van der Waals surface area contributed by atoms with Crippen LogP contribution in [-0.2, 0) is 7.33 Å². The molecule has 136 valence electrons. The van der Waals surface area contributed by atoms with Crippen molar-refractivity contribution in [3.8, 4) is 0 Å². The summed E-state index contributed by atoms with van der Waals surface area (Å²) in [6.45, 7) is 0. The summed E-state index contributed by atoms with van der Waals surface area (Å²) >= 11 is 62.7. The molecule has 0 radical (unpaired) electrons. The number of thioether (sulfide) groups is 1. The Hall–Kier alpha value is 1.69. The first-order chi connectivity index (χ1) is 11.4. The highest BCUT2D eigenvalue weighted by Gasteiger charge is 2.43. The normalized spacial score (nSPS) is 12.6. The highest BCUT2D eigenvalue weighted by Crippen LogP contribution is 2.61. The number of halogens is 10. The van der Waals surface area contributed by atoms with Gasteiger partial charge in [-0.2, -0.15) is 0 Å². The molecule has 0 spiro atoms. The lowest BCUT2D eigenvalue weighted by Crippen LogP contribution is -2.16. The van der Waals surface area contributed by atoms with Crippen molar-refractivity contribution in [2.24, 2.45) is 0 Å². The predicted octanol–water partition coefficient (Wildman–Crippen LogP) is 10.2. The van der Waals surface area contributed by atoms with Gasteiger partial charge in [0.2, 0.25) is 0 Å². The van der Waals surface area contributed by atoms with Gasteiger partial charge in [-0.15, -0.1) is 0 Å². The number of rotatable bonds is 4. The summed E-state index contributed by atoms with van der Waals surface area (Å²) < 4.78 is -3.35. The maximum atomic E-state index is 6.42. The largest absolute Gasteiger partial charge is 0.193 e. The monoisotopic (exact) mass is 554 g/mol. The van der Waals surface area contributed by atoms with E-state index in [4.69, 9.17) is 116 Å². The molecule has 0 heterocycles. The Morgan fingerprint density at radius 1 is 0.520 bits per heavy atom. The van der Waals surface area contributed by atoms with Gasteiger partial charge in [0.05, 0.1) is 30.1 Å². The minimum absolute atomic E-state index is 0.0797. The molecule has 0 fully saturated rings. The maximum absolute atomic E-state index is 6.42. The summed E-state index contributed by atoms with van der Waals surface area (Å²) in [5, 5.41) is 0.871. The summed E-state index contributed by atoms with van der Waals surface area (Å²) in [4.78, 5) is 0. The Morgan fingerprint density at radius 3 is 1.16 bits per heavy atom. The van der Waals surface area contributed by atoms with Crippen molar-refractivity contribution in [1.82, 2.24) is 0 Å². The van der Waals surface area contributed by atoms with E-state index in [-0.39, 0.29) is 41.3 Å². The van der Waals surface area contributed by atoms with Crippen molar-refractivity contribution in [1.29, 1.82) is 0 Å². The van der Waals surface area contributed by atoms with Crippen LogP contribution in [0.2, 0.25) is 30.1 Å². The van der Waals surface area contributed by atoms with Crippen molar-refractivity contribution >= 4 is 128 Å². The zero-order chi connectivity index (χ0) is 19.2. The lowest BCUT2D eigenvalue weighted by molar-refractivity contribution is 1.19. The van der Waals surface area contributed by atoms with E-state index in [2.05, 4.69) is 0 Å². The van der Waals surface area contributed by atoms with Crippen LogP contribution in [0, 0.1) is 0 Å². The fourth-order valence-electron chi connectivity index (χ4n) is 1.77. The molecule has 0 aliphatic carbocycles. The Bertz CT molecular complexity index is 750. The molecule has 0 aliphatic heterocycles. The standard InChI is InChI=1S/C14H4Cl10S/c15-7-3-1-5(9(17)11(7)19)13(21,22)25-14(23,24)6-2-4-8(16)12(20)10(6)18/h1-4H. The van der Waals surface area contributed by atoms with Crippen molar-refractivity contribution in [3.63, 3.8) is 0 Å². The minimum Gasteiger partial charge on any atom is -0.0838 e. The second kappa shape index (κ2) is 8.59. The van der Waals surface area contributed by atoms with Gasteiger partial charge in [0, 0.05) is 11.1 Å². The van der Waals surface area contributed by atoms with Crippen LogP contribution in [0.4, 0.5) is 0 Å². The second-order valence-electron chi connectivity index (χ2n) is 4.58. The molecule has 11 heteroatoms. The first kappa shape index (κ1) is 23.0. The Kier molecular flexibility index (Phi) is 7.90. The van der Waals surface area contributed by atoms with Gasteiger partial charge in [-0.05, 0) is 12.1 Å². The molecule has 0 amide bonds. The number of benzene rings is 2. The zero-order valence-electron chi connectivity index (χ0n) is 11.5. The van der Waals surface area contributed by atoms with Crippen LogP contribution in [0.1, 0.15) is 11.1 Å². The SMILES string of the molecule is Clc1ccc(C(Cl)(Cl)SC(Cl)(Cl)c2ccc(Cl)c(Cl)c2Cl)c(Cl)c1Cl.